The maximum atomic E-state index is 4.71. The van der Waals surface area contributed by atoms with Crippen molar-refractivity contribution in [2.24, 2.45) is 0 Å². The second-order valence-electron chi connectivity index (χ2n) is 3.08. The van der Waals surface area contributed by atoms with Crippen LogP contribution in [0.25, 0.3) is 0 Å². The molecule has 0 aromatic carbocycles. The number of aromatic amines is 2. The number of hydrogen-bond donors (Lipinski definition) is 2. The zero-order valence-electron chi connectivity index (χ0n) is 8.97. The monoisotopic (exact) mass is 208 g/mol. The van der Waals surface area contributed by atoms with Crippen LogP contribution in [0.3, 0.4) is 0 Å². The lowest BCUT2D eigenvalue weighted by Gasteiger charge is -1.68. The molecule has 3 rings (SSSR count). The first-order valence-electron chi connectivity index (χ1n) is 4.79. The van der Waals surface area contributed by atoms with Gasteiger partial charge in [-0.2, -0.15) is 0 Å². The zero-order chi connectivity index (χ0) is 10.9. The lowest BCUT2D eigenvalue weighted by molar-refractivity contribution is 0.423. The van der Waals surface area contributed by atoms with Crippen LogP contribution in [0.1, 0.15) is 12.7 Å². The molecule has 2 N–H and O–H groups in total. The SMILES string of the molecule is CC1CO1.Cc1ncc[nH]1.c1c[nH]cn1. The Morgan fingerprint density at radius 3 is 2.27 bits per heavy atom. The van der Waals surface area contributed by atoms with Crippen molar-refractivity contribution in [2.75, 3.05) is 6.61 Å². The van der Waals surface area contributed by atoms with E-state index in [1.54, 1.807) is 31.1 Å². The molecule has 5 heteroatoms. The summed E-state index contributed by atoms with van der Waals surface area (Å²) < 4.78 is 4.71. The maximum absolute atomic E-state index is 4.71. The highest BCUT2D eigenvalue weighted by molar-refractivity contribution is 4.80. The predicted molar refractivity (Wildman–Crippen MR) is 57.3 cm³/mol. The van der Waals surface area contributed by atoms with Crippen LogP contribution in [0.2, 0.25) is 0 Å². The highest BCUT2D eigenvalue weighted by Crippen LogP contribution is 2.04. The third-order valence-corrected chi connectivity index (χ3v) is 1.54. The van der Waals surface area contributed by atoms with Gasteiger partial charge in [0.2, 0.25) is 0 Å². The van der Waals surface area contributed by atoms with Gasteiger partial charge in [-0.15, -0.1) is 0 Å². The van der Waals surface area contributed by atoms with Gasteiger partial charge in [-0.3, -0.25) is 0 Å². The highest BCUT2D eigenvalue weighted by Gasteiger charge is 2.13. The highest BCUT2D eigenvalue weighted by atomic mass is 16.6. The number of ether oxygens (including phenoxy) is 1. The fraction of sp³-hybridized carbons (Fsp3) is 0.400. The number of nitrogens with one attached hydrogen (secondary N) is 2. The van der Waals surface area contributed by atoms with Gasteiger partial charge in [-0.25, -0.2) is 9.97 Å². The number of H-pyrrole nitrogens is 2. The molecule has 2 aromatic heterocycles. The molecule has 0 aliphatic carbocycles. The summed E-state index contributed by atoms with van der Waals surface area (Å²) in [6.07, 6.45) is 9.20. The van der Waals surface area contributed by atoms with Crippen LogP contribution in [0.15, 0.2) is 31.1 Å². The first kappa shape index (κ1) is 11.5. The Labute approximate surface area is 88.9 Å². The number of epoxide rings is 1. The molecule has 1 fully saturated rings. The molecule has 0 bridgehead atoms. The van der Waals surface area contributed by atoms with Gasteiger partial charge >= 0.3 is 0 Å². The number of imidazole rings is 2. The molecule has 15 heavy (non-hydrogen) atoms. The van der Waals surface area contributed by atoms with E-state index in [9.17, 15) is 0 Å². The summed E-state index contributed by atoms with van der Waals surface area (Å²) in [5.74, 6) is 0.968. The van der Waals surface area contributed by atoms with Gasteiger partial charge in [-0.1, -0.05) is 0 Å². The largest absolute Gasteiger partial charge is 0.373 e. The van der Waals surface area contributed by atoms with Crippen LogP contribution in [-0.4, -0.2) is 32.6 Å². The van der Waals surface area contributed by atoms with Crippen molar-refractivity contribution < 1.29 is 4.74 Å². The first-order valence-corrected chi connectivity index (χ1v) is 4.79. The van der Waals surface area contributed by atoms with Crippen molar-refractivity contribution in [2.45, 2.75) is 20.0 Å². The third-order valence-electron chi connectivity index (χ3n) is 1.54. The molecule has 1 saturated heterocycles. The second-order valence-corrected chi connectivity index (χ2v) is 3.08. The lowest BCUT2D eigenvalue weighted by atomic mass is 10.6. The molecule has 0 saturated carbocycles. The van der Waals surface area contributed by atoms with E-state index >= 15 is 0 Å². The fourth-order valence-electron chi connectivity index (χ4n) is 0.656. The number of hydrogen-bond acceptors (Lipinski definition) is 3. The Hall–Kier alpha value is -1.62. The van der Waals surface area contributed by atoms with Crippen LogP contribution in [0, 0.1) is 6.92 Å². The molecule has 1 aliphatic heterocycles. The summed E-state index contributed by atoms with van der Waals surface area (Å²) in [7, 11) is 0. The van der Waals surface area contributed by atoms with Crippen molar-refractivity contribution in [1.29, 1.82) is 0 Å². The molecule has 2 aromatic rings. The summed E-state index contributed by atoms with van der Waals surface area (Å²) >= 11 is 0. The lowest BCUT2D eigenvalue weighted by Crippen LogP contribution is -1.66. The summed E-state index contributed by atoms with van der Waals surface area (Å²) in [5, 5.41) is 0. The van der Waals surface area contributed by atoms with Crippen LogP contribution < -0.4 is 0 Å². The van der Waals surface area contributed by atoms with Crippen LogP contribution >= 0.6 is 0 Å². The van der Waals surface area contributed by atoms with E-state index in [-0.39, 0.29) is 0 Å². The van der Waals surface area contributed by atoms with E-state index in [2.05, 4.69) is 26.9 Å². The Kier molecular flexibility index (Phi) is 5.18. The summed E-state index contributed by atoms with van der Waals surface area (Å²) in [5.41, 5.74) is 0. The minimum Gasteiger partial charge on any atom is -0.373 e. The van der Waals surface area contributed by atoms with E-state index in [0.29, 0.717) is 6.10 Å². The molecule has 1 unspecified atom stereocenters. The van der Waals surface area contributed by atoms with Gasteiger partial charge in [0.05, 0.1) is 19.0 Å². The Morgan fingerprint density at radius 2 is 2.13 bits per heavy atom. The van der Waals surface area contributed by atoms with E-state index in [1.165, 1.54) is 0 Å². The first-order chi connectivity index (χ1) is 7.29. The molecular formula is C10H16N4O. The molecular weight excluding hydrogens is 192 g/mol. The number of aryl methyl sites for hydroxylation is 1. The van der Waals surface area contributed by atoms with Gasteiger partial charge in [0.1, 0.15) is 5.82 Å². The van der Waals surface area contributed by atoms with Crippen molar-refractivity contribution in [3.8, 4) is 0 Å². The molecule has 1 aliphatic rings. The molecule has 82 valence electrons. The third kappa shape index (κ3) is 7.45. The number of rotatable bonds is 0. The van der Waals surface area contributed by atoms with E-state index in [0.717, 1.165) is 12.4 Å². The fourth-order valence-corrected chi connectivity index (χ4v) is 0.656. The maximum Gasteiger partial charge on any atom is 0.102 e. The van der Waals surface area contributed by atoms with E-state index in [1.807, 2.05) is 6.92 Å². The smallest absolute Gasteiger partial charge is 0.102 e. The molecule has 0 spiro atoms. The van der Waals surface area contributed by atoms with Crippen LogP contribution in [0.5, 0.6) is 0 Å². The molecule has 1 atom stereocenters. The summed E-state index contributed by atoms with van der Waals surface area (Å²) in [6, 6.07) is 0. The quantitative estimate of drug-likeness (QED) is 0.645. The van der Waals surface area contributed by atoms with Crippen molar-refractivity contribution >= 4 is 0 Å². The number of nitrogens with zero attached hydrogens (tertiary/aromatic N) is 2. The average molecular weight is 208 g/mol. The van der Waals surface area contributed by atoms with Crippen molar-refractivity contribution in [1.82, 2.24) is 19.9 Å². The minimum atomic E-state index is 0.583. The summed E-state index contributed by atoms with van der Waals surface area (Å²) in [4.78, 5) is 13.2. The van der Waals surface area contributed by atoms with E-state index < -0.39 is 0 Å². The van der Waals surface area contributed by atoms with Gasteiger partial charge in [-0.05, 0) is 13.8 Å². The van der Waals surface area contributed by atoms with Gasteiger partial charge < -0.3 is 14.7 Å². The average Bonchev–Trinajstić information content (AvgIpc) is 2.80. The van der Waals surface area contributed by atoms with Gasteiger partial charge in [0.25, 0.3) is 0 Å². The Morgan fingerprint density at radius 1 is 1.40 bits per heavy atom. The predicted octanol–water partition coefficient (Wildman–Crippen LogP) is 1.53. The Bertz CT molecular complexity index is 296. The van der Waals surface area contributed by atoms with E-state index in [4.69, 9.17) is 4.74 Å². The van der Waals surface area contributed by atoms with Gasteiger partial charge in [0.15, 0.2) is 0 Å². The normalized spacial score (nSPS) is 16.8. The van der Waals surface area contributed by atoms with Crippen molar-refractivity contribution in [3.63, 3.8) is 0 Å². The van der Waals surface area contributed by atoms with Crippen LogP contribution in [-0.2, 0) is 4.74 Å². The molecule has 0 amide bonds. The molecule has 3 heterocycles. The number of aromatic nitrogens is 4. The molecule has 5 nitrogen and oxygen atoms in total. The van der Waals surface area contributed by atoms with Crippen LogP contribution in [0.4, 0.5) is 0 Å². The standard InChI is InChI=1S/C4H6N2.C3H4N2.C3H6O/c1-4-5-2-3-6-4;1-2-5-3-4-1;1-3-2-4-3/h2-3H,1H3,(H,5,6);1-3H,(H,4,5);3H,2H2,1H3. The molecule has 0 radical (unpaired) electrons. The zero-order valence-corrected chi connectivity index (χ0v) is 8.97. The Balaban J connectivity index is 0.000000115. The summed E-state index contributed by atoms with van der Waals surface area (Å²) in [6.45, 7) is 4.96. The van der Waals surface area contributed by atoms with Gasteiger partial charge in [0, 0.05) is 24.8 Å². The topological polar surface area (TPSA) is 69.9 Å². The van der Waals surface area contributed by atoms with Crippen molar-refractivity contribution in [3.05, 3.63) is 36.9 Å². The minimum absolute atomic E-state index is 0.583. The second kappa shape index (κ2) is 6.78.